The summed E-state index contributed by atoms with van der Waals surface area (Å²) in [5, 5.41) is 9.28. The second kappa shape index (κ2) is 7.45. The first-order chi connectivity index (χ1) is 13.2. The molecule has 2 aromatic carbocycles. The summed E-state index contributed by atoms with van der Waals surface area (Å²) in [6, 6.07) is 19.4. The first-order valence-electron chi connectivity index (χ1n) is 8.98. The van der Waals surface area contributed by atoms with E-state index in [2.05, 4.69) is 10.4 Å². The zero-order valence-electron chi connectivity index (χ0n) is 15.1. The standard InChI is InChI=1S/C21H20N4O2/c1-2-25-21-17(14-15-8-6-7-11-18(15)22-21)20(24-25)23-19(26)12-13-27-16-9-4-3-5-10-16/h3-11,14H,2,12-13H2,1H3,(H,23,24,26). The predicted octanol–water partition coefficient (Wildman–Crippen LogP) is 4.01. The molecule has 1 N–H and O–H groups in total. The fraction of sp³-hybridized carbons (Fsp3) is 0.190. The topological polar surface area (TPSA) is 69.0 Å². The molecule has 0 bridgehead atoms. The molecular weight excluding hydrogens is 340 g/mol. The first-order valence-corrected chi connectivity index (χ1v) is 8.98. The average Bonchev–Trinajstić information content (AvgIpc) is 3.03. The van der Waals surface area contributed by atoms with Crippen molar-refractivity contribution in [2.75, 3.05) is 11.9 Å². The molecule has 0 unspecified atom stereocenters. The summed E-state index contributed by atoms with van der Waals surface area (Å²) in [4.78, 5) is 17.0. The largest absolute Gasteiger partial charge is 0.493 e. The molecule has 4 rings (SSSR count). The van der Waals surface area contributed by atoms with E-state index in [1.807, 2.05) is 67.6 Å². The zero-order chi connectivity index (χ0) is 18.6. The van der Waals surface area contributed by atoms with Crippen molar-refractivity contribution in [3.8, 4) is 5.75 Å². The van der Waals surface area contributed by atoms with Crippen molar-refractivity contribution in [2.24, 2.45) is 0 Å². The Balaban J connectivity index is 1.52. The van der Waals surface area contributed by atoms with Gasteiger partial charge in [-0.25, -0.2) is 9.67 Å². The highest BCUT2D eigenvalue weighted by atomic mass is 16.5. The minimum Gasteiger partial charge on any atom is -0.493 e. The number of para-hydroxylation sites is 2. The molecule has 27 heavy (non-hydrogen) atoms. The molecule has 1 amide bonds. The molecule has 0 aliphatic rings. The summed E-state index contributed by atoms with van der Waals surface area (Å²) < 4.78 is 7.39. The van der Waals surface area contributed by atoms with Crippen LogP contribution in [0.5, 0.6) is 5.75 Å². The van der Waals surface area contributed by atoms with E-state index in [9.17, 15) is 4.79 Å². The van der Waals surface area contributed by atoms with Gasteiger partial charge in [-0.2, -0.15) is 5.10 Å². The Morgan fingerprint density at radius 1 is 1.11 bits per heavy atom. The number of pyridine rings is 1. The molecule has 0 aliphatic heterocycles. The quantitative estimate of drug-likeness (QED) is 0.564. The van der Waals surface area contributed by atoms with Gasteiger partial charge in [-0.3, -0.25) is 4.79 Å². The minimum atomic E-state index is -0.137. The average molecular weight is 360 g/mol. The normalized spacial score (nSPS) is 11.0. The number of nitrogens with zero attached hydrogens (tertiary/aromatic N) is 3. The van der Waals surface area contributed by atoms with Crippen molar-refractivity contribution in [1.82, 2.24) is 14.8 Å². The van der Waals surface area contributed by atoms with E-state index >= 15 is 0 Å². The van der Waals surface area contributed by atoms with Crippen LogP contribution in [0.4, 0.5) is 5.82 Å². The highest BCUT2D eigenvalue weighted by Gasteiger charge is 2.14. The predicted molar refractivity (Wildman–Crippen MR) is 106 cm³/mol. The number of carbonyl (C=O) groups excluding carboxylic acids is 1. The van der Waals surface area contributed by atoms with Gasteiger partial charge in [-0.1, -0.05) is 36.4 Å². The zero-order valence-corrected chi connectivity index (χ0v) is 15.1. The third kappa shape index (κ3) is 3.60. The lowest BCUT2D eigenvalue weighted by atomic mass is 10.2. The number of aromatic nitrogens is 3. The van der Waals surface area contributed by atoms with E-state index in [0.29, 0.717) is 19.0 Å². The Labute approximate surface area is 156 Å². The van der Waals surface area contributed by atoms with E-state index in [1.165, 1.54) is 0 Å². The smallest absolute Gasteiger partial charge is 0.229 e. The van der Waals surface area contributed by atoms with Crippen LogP contribution in [0.1, 0.15) is 13.3 Å². The maximum absolute atomic E-state index is 12.3. The van der Waals surface area contributed by atoms with Gasteiger partial charge in [0.05, 0.1) is 23.9 Å². The van der Waals surface area contributed by atoms with Crippen LogP contribution in [0.25, 0.3) is 21.9 Å². The summed E-state index contributed by atoms with van der Waals surface area (Å²) in [6.45, 7) is 2.99. The number of nitrogens with one attached hydrogen (secondary N) is 1. The molecule has 6 heteroatoms. The number of hydrogen-bond donors (Lipinski definition) is 1. The number of aryl methyl sites for hydroxylation is 1. The van der Waals surface area contributed by atoms with Crippen LogP contribution in [-0.2, 0) is 11.3 Å². The molecule has 0 atom stereocenters. The molecule has 0 aliphatic carbocycles. The van der Waals surface area contributed by atoms with Gasteiger partial charge in [0.25, 0.3) is 0 Å². The third-order valence-corrected chi connectivity index (χ3v) is 4.32. The highest BCUT2D eigenvalue weighted by molar-refractivity contribution is 6.02. The summed E-state index contributed by atoms with van der Waals surface area (Å²) in [7, 11) is 0. The molecule has 0 saturated carbocycles. The number of ether oxygens (including phenoxy) is 1. The molecule has 0 fully saturated rings. The molecule has 0 radical (unpaired) electrons. The molecule has 2 aromatic heterocycles. The number of amides is 1. The van der Waals surface area contributed by atoms with Crippen molar-refractivity contribution >= 4 is 33.7 Å². The van der Waals surface area contributed by atoms with Gasteiger partial charge >= 0.3 is 0 Å². The van der Waals surface area contributed by atoms with Crippen molar-refractivity contribution < 1.29 is 9.53 Å². The van der Waals surface area contributed by atoms with Crippen LogP contribution in [-0.4, -0.2) is 27.3 Å². The van der Waals surface area contributed by atoms with E-state index in [4.69, 9.17) is 9.72 Å². The SMILES string of the molecule is CCn1nc(NC(=O)CCOc2ccccc2)c2cc3ccccc3nc21. The fourth-order valence-corrected chi connectivity index (χ4v) is 2.98. The van der Waals surface area contributed by atoms with Crippen LogP contribution < -0.4 is 10.1 Å². The first kappa shape index (κ1) is 17.0. The molecule has 6 nitrogen and oxygen atoms in total. The third-order valence-electron chi connectivity index (χ3n) is 4.32. The van der Waals surface area contributed by atoms with Crippen molar-refractivity contribution in [2.45, 2.75) is 19.9 Å². The molecule has 4 aromatic rings. The van der Waals surface area contributed by atoms with Gasteiger partial charge in [0.1, 0.15) is 5.75 Å². The molecule has 2 heterocycles. The highest BCUT2D eigenvalue weighted by Crippen LogP contribution is 2.26. The lowest BCUT2D eigenvalue weighted by Crippen LogP contribution is -2.16. The van der Waals surface area contributed by atoms with Gasteiger partial charge < -0.3 is 10.1 Å². The summed E-state index contributed by atoms with van der Waals surface area (Å²) in [6.07, 6.45) is 0.246. The lowest BCUT2D eigenvalue weighted by Gasteiger charge is -2.06. The number of benzene rings is 2. The number of rotatable bonds is 6. The second-order valence-electron chi connectivity index (χ2n) is 6.18. The van der Waals surface area contributed by atoms with E-state index in [-0.39, 0.29) is 12.3 Å². The van der Waals surface area contributed by atoms with Gasteiger partial charge in [0.15, 0.2) is 11.5 Å². The van der Waals surface area contributed by atoms with Gasteiger partial charge in [0, 0.05) is 11.9 Å². The van der Waals surface area contributed by atoms with E-state index < -0.39 is 0 Å². The fourth-order valence-electron chi connectivity index (χ4n) is 2.98. The Morgan fingerprint density at radius 3 is 2.70 bits per heavy atom. The van der Waals surface area contributed by atoms with Crippen molar-refractivity contribution in [1.29, 1.82) is 0 Å². The van der Waals surface area contributed by atoms with Crippen molar-refractivity contribution in [3.05, 3.63) is 60.7 Å². The number of anilines is 1. The Morgan fingerprint density at radius 2 is 1.89 bits per heavy atom. The summed E-state index contributed by atoms with van der Waals surface area (Å²) >= 11 is 0. The maximum Gasteiger partial charge on any atom is 0.229 e. The van der Waals surface area contributed by atoms with Gasteiger partial charge in [-0.05, 0) is 31.2 Å². The minimum absolute atomic E-state index is 0.137. The summed E-state index contributed by atoms with van der Waals surface area (Å²) in [5.74, 6) is 1.15. The van der Waals surface area contributed by atoms with Crippen molar-refractivity contribution in [3.63, 3.8) is 0 Å². The van der Waals surface area contributed by atoms with Crippen LogP contribution in [0.15, 0.2) is 60.7 Å². The van der Waals surface area contributed by atoms with E-state index in [0.717, 1.165) is 27.7 Å². The molecular formula is C21H20N4O2. The molecule has 0 spiro atoms. The molecule has 136 valence electrons. The Kier molecular flexibility index (Phi) is 4.70. The second-order valence-corrected chi connectivity index (χ2v) is 6.18. The van der Waals surface area contributed by atoms with E-state index in [1.54, 1.807) is 4.68 Å². The van der Waals surface area contributed by atoms with Gasteiger partial charge in [-0.15, -0.1) is 0 Å². The number of fused-ring (bicyclic) bond motifs is 2. The number of carbonyl (C=O) groups is 1. The molecule has 0 saturated heterocycles. The summed E-state index contributed by atoms with van der Waals surface area (Å²) in [5.41, 5.74) is 1.68. The Bertz CT molecular complexity index is 1090. The number of hydrogen-bond acceptors (Lipinski definition) is 4. The van der Waals surface area contributed by atoms with Gasteiger partial charge in [0.2, 0.25) is 5.91 Å². The van der Waals surface area contributed by atoms with Crippen LogP contribution >= 0.6 is 0 Å². The van der Waals surface area contributed by atoms with Crippen LogP contribution in [0, 0.1) is 0 Å². The van der Waals surface area contributed by atoms with Crippen LogP contribution in [0.2, 0.25) is 0 Å². The maximum atomic E-state index is 12.3. The van der Waals surface area contributed by atoms with Crippen LogP contribution in [0.3, 0.4) is 0 Å². The lowest BCUT2D eigenvalue weighted by molar-refractivity contribution is -0.116. The monoisotopic (exact) mass is 360 g/mol. The Hall–Kier alpha value is -3.41.